The molecule has 1 saturated heterocycles. The third-order valence-corrected chi connectivity index (χ3v) is 4.95. The Morgan fingerprint density at radius 3 is 3.17 bits per heavy atom. The Balaban J connectivity index is 1.41. The Labute approximate surface area is 142 Å². The minimum atomic E-state index is -0.0639. The maximum Gasteiger partial charge on any atom is 0.276 e. The zero-order valence-electron chi connectivity index (χ0n) is 13.0. The summed E-state index contributed by atoms with van der Waals surface area (Å²) in [7, 11) is 0. The SMILES string of the molecule is O=C(c1ccon1)N1CCCC(Cn2cc(-c3ccsc3)nn2)C1. The molecule has 1 fully saturated rings. The van der Waals surface area contributed by atoms with Crippen LogP contribution in [0.1, 0.15) is 23.3 Å². The minimum Gasteiger partial charge on any atom is -0.364 e. The van der Waals surface area contributed by atoms with Crippen molar-refractivity contribution in [1.29, 1.82) is 0 Å². The summed E-state index contributed by atoms with van der Waals surface area (Å²) in [5, 5.41) is 16.3. The van der Waals surface area contributed by atoms with Gasteiger partial charge in [0.1, 0.15) is 12.0 Å². The molecule has 0 aromatic carbocycles. The molecule has 1 aliphatic rings. The molecule has 0 saturated carbocycles. The van der Waals surface area contributed by atoms with E-state index >= 15 is 0 Å². The van der Waals surface area contributed by atoms with Crippen LogP contribution in [-0.4, -0.2) is 44.0 Å². The van der Waals surface area contributed by atoms with E-state index in [9.17, 15) is 4.79 Å². The summed E-state index contributed by atoms with van der Waals surface area (Å²) >= 11 is 1.65. The Bertz CT molecular complexity index is 796. The van der Waals surface area contributed by atoms with Gasteiger partial charge in [-0.05, 0) is 30.2 Å². The van der Waals surface area contributed by atoms with Crippen molar-refractivity contribution in [2.45, 2.75) is 19.4 Å². The third kappa shape index (κ3) is 3.09. The van der Waals surface area contributed by atoms with Gasteiger partial charge in [-0.25, -0.2) is 0 Å². The average molecular weight is 343 g/mol. The first-order chi connectivity index (χ1) is 11.8. The number of piperidine rings is 1. The van der Waals surface area contributed by atoms with Crippen LogP contribution in [0.25, 0.3) is 11.3 Å². The molecule has 0 spiro atoms. The minimum absolute atomic E-state index is 0.0639. The average Bonchev–Trinajstić information content (AvgIpc) is 3.35. The molecule has 1 atom stereocenters. The van der Waals surface area contributed by atoms with Crippen LogP contribution in [0, 0.1) is 5.92 Å². The summed E-state index contributed by atoms with van der Waals surface area (Å²) in [6.07, 6.45) is 5.47. The number of hydrogen-bond acceptors (Lipinski definition) is 6. The van der Waals surface area contributed by atoms with Gasteiger partial charge in [-0.1, -0.05) is 10.4 Å². The van der Waals surface area contributed by atoms with E-state index in [0.717, 1.165) is 37.2 Å². The Morgan fingerprint density at radius 2 is 2.38 bits per heavy atom. The van der Waals surface area contributed by atoms with Crippen molar-refractivity contribution in [3.05, 3.63) is 41.0 Å². The van der Waals surface area contributed by atoms with Crippen LogP contribution in [-0.2, 0) is 6.54 Å². The predicted octanol–water partition coefficient (Wildman–Crippen LogP) is 2.55. The number of rotatable bonds is 4. The maximum atomic E-state index is 12.4. The molecule has 0 N–H and O–H groups in total. The molecule has 1 aliphatic heterocycles. The molecule has 3 aromatic rings. The fraction of sp³-hybridized carbons (Fsp3) is 0.375. The molecule has 4 rings (SSSR count). The van der Waals surface area contributed by atoms with E-state index in [-0.39, 0.29) is 5.91 Å². The highest BCUT2D eigenvalue weighted by Crippen LogP contribution is 2.22. The molecule has 24 heavy (non-hydrogen) atoms. The molecule has 1 unspecified atom stereocenters. The molecule has 0 bridgehead atoms. The van der Waals surface area contributed by atoms with Gasteiger partial charge in [-0.3, -0.25) is 9.48 Å². The number of nitrogens with zero attached hydrogens (tertiary/aromatic N) is 5. The summed E-state index contributed by atoms with van der Waals surface area (Å²) in [6, 6.07) is 3.65. The van der Waals surface area contributed by atoms with Crippen LogP contribution >= 0.6 is 11.3 Å². The topological polar surface area (TPSA) is 77.0 Å². The second kappa shape index (κ2) is 6.56. The lowest BCUT2D eigenvalue weighted by molar-refractivity contribution is 0.0649. The van der Waals surface area contributed by atoms with Crippen molar-refractivity contribution in [3.8, 4) is 11.3 Å². The Kier molecular flexibility index (Phi) is 4.12. The lowest BCUT2D eigenvalue weighted by atomic mass is 9.98. The number of hydrogen-bond donors (Lipinski definition) is 0. The fourth-order valence-corrected chi connectivity index (χ4v) is 3.73. The van der Waals surface area contributed by atoms with E-state index in [1.165, 1.54) is 6.26 Å². The van der Waals surface area contributed by atoms with Crippen LogP contribution in [0.4, 0.5) is 0 Å². The Hall–Kier alpha value is -2.48. The van der Waals surface area contributed by atoms with Gasteiger partial charge in [0, 0.05) is 36.6 Å². The molecule has 0 aliphatic carbocycles. The zero-order valence-corrected chi connectivity index (χ0v) is 13.9. The zero-order chi connectivity index (χ0) is 16.4. The van der Waals surface area contributed by atoms with E-state index in [1.54, 1.807) is 17.4 Å². The van der Waals surface area contributed by atoms with Crippen LogP contribution in [0.15, 0.2) is 39.9 Å². The monoisotopic (exact) mass is 343 g/mol. The van der Waals surface area contributed by atoms with Gasteiger partial charge in [-0.2, -0.15) is 11.3 Å². The Morgan fingerprint density at radius 1 is 1.42 bits per heavy atom. The molecule has 1 amide bonds. The van der Waals surface area contributed by atoms with Crippen molar-refractivity contribution in [2.24, 2.45) is 5.92 Å². The number of likely N-dealkylation sites (tertiary alicyclic amines) is 1. The molecule has 0 radical (unpaired) electrons. The highest BCUT2D eigenvalue weighted by molar-refractivity contribution is 7.08. The highest BCUT2D eigenvalue weighted by atomic mass is 32.1. The van der Waals surface area contributed by atoms with Crippen molar-refractivity contribution in [3.63, 3.8) is 0 Å². The fourth-order valence-electron chi connectivity index (χ4n) is 3.08. The van der Waals surface area contributed by atoms with Gasteiger partial charge in [0.2, 0.25) is 0 Å². The summed E-state index contributed by atoms with van der Waals surface area (Å²) in [5.74, 6) is 0.303. The molecular formula is C16H17N5O2S. The number of amides is 1. The van der Waals surface area contributed by atoms with Gasteiger partial charge in [-0.15, -0.1) is 5.10 Å². The second-order valence-electron chi connectivity index (χ2n) is 5.98. The normalized spacial score (nSPS) is 18.0. The maximum absolute atomic E-state index is 12.4. The van der Waals surface area contributed by atoms with Crippen LogP contribution in [0.3, 0.4) is 0 Å². The van der Waals surface area contributed by atoms with Gasteiger partial charge in [0.15, 0.2) is 5.69 Å². The molecule has 8 heteroatoms. The lowest BCUT2D eigenvalue weighted by Crippen LogP contribution is -2.41. The first-order valence-electron chi connectivity index (χ1n) is 7.92. The van der Waals surface area contributed by atoms with Crippen LogP contribution in [0.2, 0.25) is 0 Å². The van der Waals surface area contributed by atoms with E-state index in [0.29, 0.717) is 18.2 Å². The van der Waals surface area contributed by atoms with Gasteiger partial charge in [0.25, 0.3) is 5.91 Å². The second-order valence-corrected chi connectivity index (χ2v) is 6.76. The molecule has 4 heterocycles. The van der Waals surface area contributed by atoms with Crippen molar-refractivity contribution in [1.82, 2.24) is 25.1 Å². The quantitative estimate of drug-likeness (QED) is 0.727. The number of thiophene rings is 1. The lowest BCUT2D eigenvalue weighted by Gasteiger charge is -2.32. The van der Waals surface area contributed by atoms with Crippen LogP contribution < -0.4 is 0 Å². The molecule has 124 valence electrons. The predicted molar refractivity (Wildman–Crippen MR) is 88.5 cm³/mol. The number of carbonyl (C=O) groups excluding carboxylic acids is 1. The molecular weight excluding hydrogens is 326 g/mol. The van der Waals surface area contributed by atoms with E-state index in [1.807, 2.05) is 27.2 Å². The third-order valence-electron chi connectivity index (χ3n) is 4.26. The van der Waals surface area contributed by atoms with Crippen molar-refractivity contribution in [2.75, 3.05) is 13.1 Å². The van der Waals surface area contributed by atoms with Gasteiger partial charge >= 0.3 is 0 Å². The van der Waals surface area contributed by atoms with E-state index in [2.05, 4.69) is 20.8 Å². The van der Waals surface area contributed by atoms with Gasteiger partial charge < -0.3 is 9.42 Å². The van der Waals surface area contributed by atoms with E-state index in [4.69, 9.17) is 4.52 Å². The first-order valence-corrected chi connectivity index (χ1v) is 8.86. The van der Waals surface area contributed by atoms with Crippen molar-refractivity contribution >= 4 is 17.2 Å². The van der Waals surface area contributed by atoms with Gasteiger partial charge in [0.05, 0.1) is 6.20 Å². The smallest absolute Gasteiger partial charge is 0.276 e. The highest BCUT2D eigenvalue weighted by Gasteiger charge is 2.26. The standard InChI is InChI=1S/C16H17N5O2S/c22-16(14-3-6-23-18-14)20-5-1-2-12(8-20)9-21-10-15(17-19-21)13-4-7-24-11-13/h3-4,6-7,10-12H,1-2,5,8-9H2. The van der Waals surface area contributed by atoms with Crippen LogP contribution in [0.5, 0.6) is 0 Å². The molecule has 7 nitrogen and oxygen atoms in total. The summed E-state index contributed by atoms with van der Waals surface area (Å²) < 4.78 is 6.64. The molecule has 3 aromatic heterocycles. The van der Waals surface area contributed by atoms with E-state index < -0.39 is 0 Å². The number of carbonyl (C=O) groups is 1. The number of aromatic nitrogens is 4. The largest absolute Gasteiger partial charge is 0.364 e. The first kappa shape index (κ1) is 15.1. The summed E-state index contributed by atoms with van der Waals surface area (Å²) in [5.41, 5.74) is 2.36. The van der Waals surface area contributed by atoms with Crippen molar-refractivity contribution < 1.29 is 9.32 Å². The summed E-state index contributed by atoms with van der Waals surface area (Å²) in [6.45, 7) is 2.23. The summed E-state index contributed by atoms with van der Waals surface area (Å²) in [4.78, 5) is 14.2.